The molecule has 1 N–H and O–H groups in total. The van der Waals surface area contributed by atoms with E-state index in [0.29, 0.717) is 18.2 Å². The molecule has 0 bridgehead atoms. The van der Waals surface area contributed by atoms with Crippen molar-refractivity contribution in [3.8, 4) is 11.3 Å². The van der Waals surface area contributed by atoms with E-state index in [1.54, 1.807) is 10.9 Å². The van der Waals surface area contributed by atoms with Crippen molar-refractivity contribution in [2.75, 3.05) is 0 Å². The molecule has 2 aromatic carbocycles. The second kappa shape index (κ2) is 8.51. The first-order chi connectivity index (χ1) is 14.0. The zero-order valence-electron chi connectivity index (χ0n) is 16.7. The first kappa shape index (κ1) is 19.9. The van der Waals surface area contributed by atoms with Crippen LogP contribution in [-0.4, -0.2) is 24.2 Å². The van der Waals surface area contributed by atoms with Gasteiger partial charge in [0.1, 0.15) is 10.6 Å². The van der Waals surface area contributed by atoms with Crippen LogP contribution in [0.15, 0.2) is 71.8 Å². The summed E-state index contributed by atoms with van der Waals surface area (Å²) in [5.74, 6) is 0.345. The Hall–Kier alpha value is -2.44. The molecule has 0 amide bonds. The molecule has 152 valence electrons. The molecule has 4 rings (SSSR count). The molecule has 0 radical (unpaired) electrons. The third-order valence-electron chi connectivity index (χ3n) is 5.67. The molecular formula is C23H27N3O2S. The standard InChI is InChI=1S/C23H27N3O2S/c1-18-10-8-9-15-21(18)25-29(27,28)22-17-26(16-19-11-4-2-5-12-19)24-23(22)20-13-6-3-7-14-20/h2-7,11-14,17-18,21,25H,8-10,15-16H2,1H3. The van der Waals surface area contributed by atoms with Crippen LogP contribution in [0.5, 0.6) is 0 Å². The van der Waals surface area contributed by atoms with Crippen molar-refractivity contribution in [1.82, 2.24) is 14.5 Å². The lowest BCUT2D eigenvalue weighted by Crippen LogP contribution is -2.41. The van der Waals surface area contributed by atoms with Gasteiger partial charge in [0, 0.05) is 17.8 Å². The van der Waals surface area contributed by atoms with Crippen molar-refractivity contribution in [1.29, 1.82) is 0 Å². The second-order valence-corrected chi connectivity index (χ2v) is 9.56. The van der Waals surface area contributed by atoms with E-state index in [2.05, 4.69) is 16.7 Å². The minimum Gasteiger partial charge on any atom is -0.266 e. The zero-order valence-corrected chi connectivity index (χ0v) is 17.5. The smallest absolute Gasteiger partial charge is 0.244 e. The van der Waals surface area contributed by atoms with Crippen LogP contribution in [-0.2, 0) is 16.6 Å². The number of aromatic nitrogens is 2. The van der Waals surface area contributed by atoms with Gasteiger partial charge in [-0.3, -0.25) is 4.68 Å². The molecule has 1 aliphatic carbocycles. The molecule has 1 heterocycles. The van der Waals surface area contributed by atoms with Gasteiger partial charge in [-0.15, -0.1) is 0 Å². The molecule has 1 aromatic heterocycles. The van der Waals surface area contributed by atoms with Gasteiger partial charge in [0.15, 0.2) is 0 Å². The number of sulfonamides is 1. The van der Waals surface area contributed by atoms with Crippen LogP contribution in [0, 0.1) is 5.92 Å². The fourth-order valence-corrected chi connectivity index (χ4v) is 5.55. The monoisotopic (exact) mass is 409 g/mol. The van der Waals surface area contributed by atoms with Crippen LogP contribution in [0.2, 0.25) is 0 Å². The SMILES string of the molecule is CC1CCCCC1NS(=O)(=O)c1cn(Cc2ccccc2)nc1-c1ccccc1. The lowest BCUT2D eigenvalue weighted by Gasteiger charge is -2.29. The Balaban J connectivity index is 1.70. The molecule has 1 fully saturated rings. The Morgan fingerprint density at radius 1 is 1.00 bits per heavy atom. The van der Waals surface area contributed by atoms with Crippen LogP contribution >= 0.6 is 0 Å². The normalized spacial score (nSPS) is 19.9. The summed E-state index contributed by atoms with van der Waals surface area (Å²) >= 11 is 0. The van der Waals surface area contributed by atoms with Crippen LogP contribution in [0.25, 0.3) is 11.3 Å². The Kier molecular flexibility index (Phi) is 5.83. The van der Waals surface area contributed by atoms with Crippen LogP contribution in [0.4, 0.5) is 0 Å². The Morgan fingerprint density at radius 3 is 2.34 bits per heavy atom. The number of nitrogens with zero attached hydrogens (tertiary/aromatic N) is 2. The predicted molar refractivity (Wildman–Crippen MR) is 115 cm³/mol. The Morgan fingerprint density at radius 2 is 1.66 bits per heavy atom. The highest BCUT2D eigenvalue weighted by Crippen LogP contribution is 2.29. The Bertz CT molecular complexity index is 1050. The quantitative estimate of drug-likeness (QED) is 0.654. The van der Waals surface area contributed by atoms with Gasteiger partial charge in [-0.05, 0) is 24.3 Å². The largest absolute Gasteiger partial charge is 0.266 e. The van der Waals surface area contributed by atoms with E-state index in [0.717, 1.165) is 30.4 Å². The molecular weight excluding hydrogens is 382 g/mol. The molecule has 1 aliphatic rings. The summed E-state index contributed by atoms with van der Waals surface area (Å²) in [7, 11) is -3.68. The van der Waals surface area contributed by atoms with E-state index in [1.807, 2.05) is 60.7 Å². The summed E-state index contributed by atoms with van der Waals surface area (Å²) in [6, 6.07) is 19.4. The number of rotatable bonds is 6. The topological polar surface area (TPSA) is 64.0 Å². The zero-order chi connectivity index (χ0) is 20.3. The van der Waals surface area contributed by atoms with E-state index in [-0.39, 0.29) is 10.9 Å². The van der Waals surface area contributed by atoms with Gasteiger partial charge in [0.05, 0.1) is 6.54 Å². The molecule has 29 heavy (non-hydrogen) atoms. The van der Waals surface area contributed by atoms with Crippen molar-refractivity contribution >= 4 is 10.0 Å². The van der Waals surface area contributed by atoms with Crippen LogP contribution < -0.4 is 4.72 Å². The third-order valence-corrected chi connectivity index (χ3v) is 7.16. The third kappa shape index (κ3) is 4.60. The Labute approximate surface area is 172 Å². The van der Waals surface area contributed by atoms with Gasteiger partial charge in [0.25, 0.3) is 0 Å². The molecule has 3 aromatic rings. The molecule has 0 saturated heterocycles. The van der Waals surface area contributed by atoms with E-state index >= 15 is 0 Å². The average Bonchev–Trinajstić information content (AvgIpc) is 3.16. The molecule has 5 nitrogen and oxygen atoms in total. The number of hydrogen-bond acceptors (Lipinski definition) is 3. The van der Waals surface area contributed by atoms with Crippen molar-refractivity contribution in [3.63, 3.8) is 0 Å². The van der Waals surface area contributed by atoms with Crippen LogP contribution in [0.3, 0.4) is 0 Å². The molecule has 1 saturated carbocycles. The van der Waals surface area contributed by atoms with E-state index < -0.39 is 10.0 Å². The summed E-state index contributed by atoms with van der Waals surface area (Å²) in [5, 5.41) is 4.65. The number of nitrogens with one attached hydrogen (secondary N) is 1. The molecule has 0 spiro atoms. The summed E-state index contributed by atoms with van der Waals surface area (Å²) in [4.78, 5) is 0.248. The maximum atomic E-state index is 13.3. The number of hydrogen-bond donors (Lipinski definition) is 1. The van der Waals surface area contributed by atoms with Crippen molar-refractivity contribution in [2.45, 2.75) is 50.1 Å². The van der Waals surface area contributed by atoms with Crippen molar-refractivity contribution < 1.29 is 8.42 Å². The first-order valence-electron chi connectivity index (χ1n) is 10.2. The van der Waals surface area contributed by atoms with E-state index in [4.69, 9.17) is 0 Å². The highest BCUT2D eigenvalue weighted by Gasteiger charge is 2.30. The van der Waals surface area contributed by atoms with Gasteiger partial charge < -0.3 is 0 Å². The molecule has 0 aliphatic heterocycles. The maximum Gasteiger partial charge on any atom is 0.244 e. The molecule has 2 unspecified atom stereocenters. The summed E-state index contributed by atoms with van der Waals surface area (Å²) < 4.78 is 31.4. The highest BCUT2D eigenvalue weighted by atomic mass is 32.2. The average molecular weight is 410 g/mol. The fraction of sp³-hybridized carbons (Fsp3) is 0.348. The van der Waals surface area contributed by atoms with Crippen molar-refractivity contribution in [3.05, 3.63) is 72.4 Å². The van der Waals surface area contributed by atoms with Gasteiger partial charge in [-0.25, -0.2) is 13.1 Å². The summed E-state index contributed by atoms with van der Waals surface area (Å²) in [6.45, 7) is 2.65. The molecule has 6 heteroatoms. The van der Waals surface area contributed by atoms with E-state index in [1.165, 1.54) is 6.42 Å². The lowest BCUT2D eigenvalue weighted by atomic mass is 9.87. The highest BCUT2D eigenvalue weighted by molar-refractivity contribution is 7.89. The van der Waals surface area contributed by atoms with Gasteiger partial charge in [-0.2, -0.15) is 5.10 Å². The lowest BCUT2D eigenvalue weighted by molar-refractivity contribution is 0.310. The van der Waals surface area contributed by atoms with E-state index in [9.17, 15) is 8.42 Å². The fourth-order valence-electron chi connectivity index (χ4n) is 4.00. The van der Waals surface area contributed by atoms with Gasteiger partial charge >= 0.3 is 0 Å². The molecule has 2 atom stereocenters. The van der Waals surface area contributed by atoms with Gasteiger partial charge in [0.2, 0.25) is 10.0 Å². The minimum atomic E-state index is -3.68. The van der Waals surface area contributed by atoms with Crippen LogP contribution in [0.1, 0.15) is 38.2 Å². The number of benzene rings is 2. The van der Waals surface area contributed by atoms with Gasteiger partial charge in [-0.1, -0.05) is 80.4 Å². The predicted octanol–water partition coefficient (Wildman–Crippen LogP) is 4.46. The maximum absolute atomic E-state index is 13.3. The second-order valence-electron chi connectivity index (χ2n) is 7.88. The van der Waals surface area contributed by atoms with Crippen molar-refractivity contribution in [2.24, 2.45) is 5.92 Å². The summed E-state index contributed by atoms with van der Waals surface area (Å²) in [5.41, 5.74) is 2.38. The minimum absolute atomic E-state index is 0.0187. The summed E-state index contributed by atoms with van der Waals surface area (Å²) in [6.07, 6.45) is 5.84. The first-order valence-corrected chi connectivity index (χ1v) is 11.7.